The molecular formula is C63H69N3O2. The molecule has 2 atom stereocenters. The highest BCUT2D eigenvalue weighted by Crippen LogP contribution is 2.55. The molecule has 3 heterocycles. The molecule has 5 heteroatoms. The highest BCUT2D eigenvalue weighted by molar-refractivity contribution is 5.98. The van der Waals surface area contributed by atoms with Crippen molar-refractivity contribution in [2.24, 2.45) is 10.9 Å². The fourth-order valence-electron chi connectivity index (χ4n) is 10.9. The first-order valence-electron chi connectivity index (χ1n) is 24.7. The third kappa shape index (κ3) is 8.12. The van der Waals surface area contributed by atoms with Crippen molar-refractivity contribution in [3.63, 3.8) is 0 Å². The van der Waals surface area contributed by atoms with Gasteiger partial charge in [0.05, 0.1) is 11.4 Å². The molecule has 0 unspecified atom stereocenters. The maximum Gasteiger partial charge on any atom is 0.217 e. The lowest BCUT2D eigenvalue weighted by atomic mass is 9.64. The SMILES string of the molecule is CC(C)c1cccc(C(C)C)c1-c1cc(Oc2ccc3c(c2)N(c2cc(C(C)(C)C)ccn2)c2ccccc2C3(C)C)cc(C2=N[C@](C)(C(c3ccccc3)c3ccccc3)[C@@](C)(C(C)C)O2)c1. The molecule has 0 aliphatic carbocycles. The second-order valence-electron chi connectivity index (χ2n) is 22.0. The highest BCUT2D eigenvalue weighted by Gasteiger charge is 2.59. The van der Waals surface area contributed by atoms with E-state index in [1.54, 1.807) is 0 Å². The lowest BCUT2D eigenvalue weighted by Crippen LogP contribution is -2.54. The highest BCUT2D eigenvalue weighted by atomic mass is 16.5. The first-order valence-corrected chi connectivity index (χ1v) is 24.7. The summed E-state index contributed by atoms with van der Waals surface area (Å²) in [7, 11) is 0. The quantitative estimate of drug-likeness (QED) is 0.130. The fraction of sp³-hybridized carbons (Fsp3) is 0.333. The van der Waals surface area contributed by atoms with Crippen LogP contribution in [-0.2, 0) is 15.6 Å². The van der Waals surface area contributed by atoms with Crippen LogP contribution in [0, 0.1) is 5.92 Å². The van der Waals surface area contributed by atoms with Crippen LogP contribution in [0.4, 0.5) is 17.2 Å². The monoisotopic (exact) mass is 900 g/mol. The summed E-state index contributed by atoms with van der Waals surface area (Å²) in [5, 5.41) is 0. The molecule has 2 aliphatic rings. The molecule has 0 saturated heterocycles. The van der Waals surface area contributed by atoms with Crippen LogP contribution < -0.4 is 9.64 Å². The molecule has 0 amide bonds. The zero-order valence-electron chi connectivity index (χ0n) is 42.5. The number of hydrogen-bond acceptors (Lipinski definition) is 5. The number of benzene rings is 6. The standard InChI is InChI=1S/C63H69N3O2/c1-40(2)50-27-22-28-51(41(3)4)57(50)45-35-46(59-65-62(12,63(13,68-59)42(5)6)58(43-23-16-14-17-24-43)44-25-18-15-19-26-44)37-49(36-45)67-48-31-32-53-55(39-48)66(54-30-21-20-29-52(54)61(53,10)11)56-38-47(33-34-64-56)60(7,8)9/h14-42,58H,1-13H3/t62-,63-/m1/s1. The number of anilines is 3. The fourth-order valence-corrected chi connectivity index (χ4v) is 10.9. The Balaban J connectivity index is 1.24. The molecule has 2 aliphatic heterocycles. The number of para-hydroxylation sites is 1. The van der Waals surface area contributed by atoms with Gasteiger partial charge in [0.2, 0.25) is 5.90 Å². The minimum Gasteiger partial charge on any atom is -0.468 e. The van der Waals surface area contributed by atoms with Gasteiger partial charge >= 0.3 is 0 Å². The van der Waals surface area contributed by atoms with Crippen LogP contribution >= 0.6 is 0 Å². The van der Waals surface area contributed by atoms with Crippen LogP contribution in [0.5, 0.6) is 11.5 Å². The number of aromatic nitrogens is 1. The summed E-state index contributed by atoms with van der Waals surface area (Å²) >= 11 is 0. The van der Waals surface area contributed by atoms with Gasteiger partial charge in [0.1, 0.15) is 28.5 Å². The van der Waals surface area contributed by atoms with Gasteiger partial charge in [-0.1, -0.05) is 179 Å². The third-order valence-corrected chi connectivity index (χ3v) is 15.2. The maximum atomic E-state index is 7.40. The van der Waals surface area contributed by atoms with E-state index < -0.39 is 11.1 Å². The van der Waals surface area contributed by atoms with Gasteiger partial charge in [0.15, 0.2) is 0 Å². The van der Waals surface area contributed by atoms with Crippen molar-refractivity contribution in [3.05, 3.63) is 202 Å². The van der Waals surface area contributed by atoms with E-state index in [2.05, 4.69) is 247 Å². The molecule has 5 nitrogen and oxygen atoms in total. The van der Waals surface area contributed by atoms with E-state index in [1.807, 2.05) is 6.20 Å². The molecule has 0 spiro atoms. The van der Waals surface area contributed by atoms with Gasteiger partial charge in [-0.05, 0) is 130 Å². The lowest BCUT2D eigenvalue weighted by Gasteiger charge is -2.45. The summed E-state index contributed by atoms with van der Waals surface area (Å²) in [5.41, 5.74) is 12.4. The molecule has 0 saturated carbocycles. The number of aliphatic imine (C=N–C) groups is 1. The molecule has 0 radical (unpaired) electrons. The van der Waals surface area contributed by atoms with E-state index in [9.17, 15) is 0 Å². The molecular weight excluding hydrogens is 831 g/mol. The van der Waals surface area contributed by atoms with E-state index in [1.165, 1.54) is 44.5 Å². The number of hydrogen-bond donors (Lipinski definition) is 0. The summed E-state index contributed by atoms with van der Waals surface area (Å²) in [5.74, 6) is 3.60. The Labute approximate surface area is 406 Å². The number of ether oxygens (including phenoxy) is 2. The molecule has 348 valence electrons. The van der Waals surface area contributed by atoms with E-state index in [0.29, 0.717) is 17.7 Å². The molecule has 7 aromatic rings. The number of nitrogens with zero attached hydrogens (tertiary/aromatic N) is 3. The summed E-state index contributed by atoms with van der Waals surface area (Å²) in [4.78, 5) is 13.1. The number of rotatable bonds is 11. The van der Waals surface area contributed by atoms with Gasteiger partial charge in [-0.2, -0.15) is 0 Å². The van der Waals surface area contributed by atoms with E-state index in [4.69, 9.17) is 19.5 Å². The van der Waals surface area contributed by atoms with Crippen molar-refractivity contribution in [1.29, 1.82) is 0 Å². The second-order valence-corrected chi connectivity index (χ2v) is 22.0. The zero-order chi connectivity index (χ0) is 48.3. The van der Waals surface area contributed by atoms with Crippen LogP contribution in [0.2, 0.25) is 0 Å². The Morgan fingerprint density at radius 2 is 1.16 bits per heavy atom. The van der Waals surface area contributed by atoms with Crippen molar-refractivity contribution in [2.45, 2.75) is 130 Å². The predicted octanol–water partition coefficient (Wildman–Crippen LogP) is 17.0. The Bertz CT molecular complexity index is 2930. The van der Waals surface area contributed by atoms with Crippen LogP contribution in [0.3, 0.4) is 0 Å². The number of pyridine rings is 1. The molecule has 6 aromatic carbocycles. The molecule has 0 bridgehead atoms. The molecule has 68 heavy (non-hydrogen) atoms. The van der Waals surface area contributed by atoms with Crippen molar-refractivity contribution in [3.8, 4) is 22.6 Å². The first-order chi connectivity index (χ1) is 32.3. The van der Waals surface area contributed by atoms with E-state index in [-0.39, 0.29) is 22.7 Å². The minimum atomic E-state index is -0.682. The summed E-state index contributed by atoms with van der Waals surface area (Å²) in [6.07, 6.45) is 1.94. The van der Waals surface area contributed by atoms with Crippen molar-refractivity contribution in [2.75, 3.05) is 4.90 Å². The average molecular weight is 900 g/mol. The molecule has 0 N–H and O–H groups in total. The second kappa shape index (κ2) is 17.6. The van der Waals surface area contributed by atoms with E-state index in [0.717, 1.165) is 39.8 Å². The van der Waals surface area contributed by atoms with Crippen LogP contribution in [0.15, 0.2) is 163 Å². The van der Waals surface area contributed by atoms with Crippen LogP contribution in [0.25, 0.3) is 11.1 Å². The zero-order valence-corrected chi connectivity index (χ0v) is 42.5. The Kier molecular flexibility index (Phi) is 12.0. The summed E-state index contributed by atoms with van der Waals surface area (Å²) < 4.78 is 14.6. The average Bonchev–Trinajstić information content (AvgIpc) is 3.60. The van der Waals surface area contributed by atoms with Gasteiger partial charge < -0.3 is 9.47 Å². The van der Waals surface area contributed by atoms with Crippen molar-refractivity contribution in [1.82, 2.24) is 4.98 Å². The van der Waals surface area contributed by atoms with Gasteiger partial charge in [-0.15, -0.1) is 0 Å². The van der Waals surface area contributed by atoms with Gasteiger partial charge in [0.25, 0.3) is 0 Å². The van der Waals surface area contributed by atoms with Gasteiger partial charge in [0, 0.05) is 29.2 Å². The maximum absolute atomic E-state index is 7.40. The van der Waals surface area contributed by atoms with Crippen LogP contribution in [0.1, 0.15) is 152 Å². The normalized spacial score (nSPS) is 18.7. The lowest BCUT2D eigenvalue weighted by molar-refractivity contribution is -0.0158. The topological polar surface area (TPSA) is 47.0 Å². The Hall–Kier alpha value is -6.46. The molecule has 9 rings (SSSR count). The molecule has 1 aromatic heterocycles. The number of fused-ring (bicyclic) bond motifs is 2. The van der Waals surface area contributed by atoms with Crippen molar-refractivity contribution >= 4 is 23.1 Å². The minimum absolute atomic E-state index is 0.0478. The van der Waals surface area contributed by atoms with Gasteiger partial charge in [-0.3, -0.25) is 4.90 Å². The Morgan fingerprint density at radius 1 is 0.574 bits per heavy atom. The van der Waals surface area contributed by atoms with Crippen molar-refractivity contribution < 1.29 is 9.47 Å². The Morgan fingerprint density at radius 3 is 1.76 bits per heavy atom. The largest absolute Gasteiger partial charge is 0.468 e. The van der Waals surface area contributed by atoms with Gasteiger partial charge in [-0.25, -0.2) is 9.98 Å². The smallest absolute Gasteiger partial charge is 0.217 e. The predicted molar refractivity (Wildman–Crippen MR) is 284 cm³/mol. The van der Waals surface area contributed by atoms with E-state index >= 15 is 0 Å². The first kappa shape index (κ1) is 46.6. The van der Waals surface area contributed by atoms with Crippen LogP contribution in [-0.4, -0.2) is 22.0 Å². The summed E-state index contributed by atoms with van der Waals surface area (Å²) in [6.45, 7) is 29.6. The summed E-state index contributed by atoms with van der Waals surface area (Å²) in [6, 6.07) is 54.7. The third-order valence-electron chi connectivity index (χ3n) is 15.2. The molecule has 0 fully saturated rings.